The number of aliphatic imine (C=N–C) groups is 1. The second kappa shape index (κ2) is 12.4. The first kappa shape index (κ1) is 32.9. The summed E-state index contributed by atoms with van der Waals surface area (Å²) in [4.78, 5) is 17.1. The highest BCUT2D eigenvalue weighted by atomic mass is 16.7. The Hall–Kier alpha value is -1.62. The second-order valence-electron chi connectivity index (χ2n) is 16.1. The molecule has 0 unspecified atom stereocenters. The average Bonchev–Trinajstić information content (AvgIpc) is 3.58. The van der Waals surface area contributed by atoms with Crippen LogP contribution in [0, 0.1) is 28.6 Å². The fraction of sp³-hybridized carbons (Fsp3) is 0.838. The Morgan fingerprint density at radius 2 is 1.89 bits per heavy atom. The van der Waals surface area contributed by atoms with E-state index >= 15 is 0 Å². The Kier molecular flexibility index (Phi) is 8.84. The number of hydrogen-bond donors (Lipinski definition) is 4. The summed E-state index contributed by atoms with van der Waals surface area (Å²) in [6, 6.07) is 0. The second-order valence-corrected chi connectivity index (χ2v) is 16.1. The zero-order chi connectivity index (χ0) is 32.3. The van der Waals surface area contributed by atoms with Gasteiger partial charge in [0.25, 0.3) is 0 Å². The van der Waals surface area contributed by atoms with Crippen LogP contribution >= 0.6 is 0 Å². The van der Waals surface area contributed by atoms with Gasteiger partial charge in [0, 0.05) is 42.5 Å². The Morgan fingerprint density at radius 3 is 2.63 bits per heavy atom. The molecule has 9 heteroatoms. The van der Waals surface area contributed by atoms with Crippen molar-refractivity contribution in [2.24, 2.45) is 33.6 Å². The molecule has 0 radical (unpaired) electrons. The number of fused-ring (bicyclic) bond motifs is 5. The van der Waals surface area contributed by atoms with Crippen molar-refractivity contribution < 1.29 is 39.4 Å². The summed E-state index contributed by atoms with van der Waals surface area (Å²) >= 11 is 0. The van der Waals surface area contributed by atoms with E-state index < -0.39 is 41.2 Å². The van der Waals surface area contributed by atoms with Crippen molar-refractivity contribution in [2.75, 3.05) is 13.2 Å². The molecule has 0 spiro atoms. The van der Waals surface area contributed by atoms with E-state index in [9.17, 15) is 25.2 Å². The van der Waals surface area contributed by atoms with Crippen LogP contribution in [-0.2, 0) is 19.0 Å². The minimum absolute atomic E-state index is 0.0271. The minimum Gasteiger partial charge on any atom is -0.458 e. The van der Waals surface area contributed by atoms with Gasteiger partial charge in [0.05, 0.1) is 29.5 Å². The van der Waals surface area contributed by atoms with E-state index in [-0.39, 0.29) is 41.7 Å². The molecule has 9 nitrogen and oxygen atoms in total. The van der Waals surface area contributed by atoms with Gasteiger partial charge >= 0.3 is 5.97 Å². The summed E-state index contributed by atoms with van der Waals surface area (Å²) in [5.41, 5.74) is -0.341. The molecule has 1 saturated heterocycles. The molecule has 2 aliphatic heterocycles. The average molecular weight is 642 g/mol. The monoisotopic (exact) mass is 641 g/mol. The maximum Gasteiger partial charge on any atom is 0.331 e. The van der Waals surface area contributed by atoms with Crippen molar-refractivity contribution in [1.29, 1.82) is 0 Å². The molecule has 2 heterocycles. The number of aliphatic hydroxyl groups is 4. The van der Waals surface area contributed by atoms with Crippen LogP contribution in [0.5, 0.6) is 0 Å². The maximum absolute atomic E-state index is 12.8. The largest absolute Gasteiger partial charge is 0.458 e. The number of cyclic esters (lactones) is 1. The van der Waals surface area contributed by atoms with E-state index in [2.05, 4.69) is 19.2 Å². The smallest absolute Gasteiger partial charge is 0.331 e. The van der Waals surface area contributed by atoms with Gasteiger partial charge in [0.15, 0.2) is 6.29 Å². The quantitative estimate of drug-likeness (QED) is 0.138. The van der Waals surface area contributed by atoms with Gasteiger partial charge in [-0.15, -0.1) is 0 Å². The lowest BCUT2D eigenvalue weighted by Crippen LogP contribution is -2.69. The predicted octanol–water partition coefficient (Wildman–Crippen LogP) is 4.54. The molecular weight excluding hydrogens is 586 g/mol. The molecule has 0 bridgehead atoms. The zero-order valence-electron chi connectivity index (χ0n) is 27.7. The number of aliphatic hydroxyl groups excluding tert-OH is 2. The van der Waals surface area contributed by atoms with Crippen LogP contribution in [0.4, 0.5) is 0 Å². The number of carbonyl (C=O) groups excluding carboxylic acids is 1. The Morgan fingerprint density at radius 1 is 1.07 bits per heavy atom. The zero-order valence-corrected chi connectivity index (χ0v) is 27.7. The molecule has 0 amide bonds. The van der Waals surface area contributed by atoms with Crippen molar-refractivity contribution in [1.82, 2.24) is 0 Å². The first-order valence-corrected chi connectivity index (χ1v) is 18.2. The molecule has 4 N–H and O–H groups in total. The van der Waals surface area contributed by atoms with Crippen LogP contribution in [-0.4, -0.2) is 87.7 Å². The van der Waals surface area contributed by atoms with E-state index in [1.807, 2.05) is 0 Å². The van der Waals surface area contributed by atoms with E-state index in [4.69, 9.17) is 19.2 Å². The fourth-order valence-electron chi connectivity index (χ4n) is 11.4. The summed E-state index contributed by atoms with van der Waals surface area (Å²) in [5.74, 6) is -0.0448. The number of nitrogens with zero attached hydrogens (tertiary/aromatic N) is 1. The van der Waals surface area contributed by atoms with Crippen LogP contribution in [0.25, 0.3) is 0 Å². The SMILES string of the molecule is C[C@@H]1O[C@H](O[C@@H]2CC[C@]3(C=NCCC4=CCCCC4)[C@H]4CC[C@]5(C)[C@H](C6=CC(=O)OC6)CC[C@]5(O)[C@@H]4CC[C@]3(O)C2)C[C@H](O)[C@@H]1O. The van der Waals surface area contributed by atoms with Crippen molar-refractivity contribution in [2.45, 2.75) is 152 Å². The Balaban J connectivity index is 1.15. The van der Waals surface area contributed by atoms with E-state index in [0.717, 1.165) is 56.9 Å². The Bertz CT molecular complexity index is 1250. The van der Waals surface area contributed by atoms with Gasteiger partial charge < -0.3 is 34.6 Å². The molecule has 5 fully saturated rings. The van der Waals surface area contributed by atoms with Crippen LogP contribution in [0.3, 0.4) is 0 Å². The minimum atomic E-state index is -1.04. The first-order chi connectivity index (χ1) is 22.0. The molecule has 12 atom stereocenters. The standard InChI is InChI=1S/C37H55NO8/c1-23-33(41)30(39)19-32(45-23)46-26-8-14-35(22-38-17-12-24-6-4-3-5-7-24)28-9-13-34(2)27(25-18-31(40)44-21-25)11-16-37(34,43)29(28)10-15-36(35,42)20-26/h6,18,22-23,26-30,32-33,39,41-43H,3-5,7-17,19-21H2,1-2H3/t23-,26+,27-,28-,29+,30-,32+,33+,34+,35-,36-,37-/m0/s1. The van der Waals surface area contributed by atoms with E-state index in [1.54, 1.807) is 13.0 Å². The maximum atomic E-state index is 12.8. The van der Waals surface area contributed by atoms with Gasteiger partial charge in [-0.05, 0) is 114 Å². The summed E-state index contributed by atoms with van der Waals surface area (Å²) in [5, 5.41) is 46.0. The number of rotatable bonds is 7. The topological polar surface area (TPSA) is 138 Å². The molecule has 4 saturated carbocycles. The molecule has 7 rings (SSSR count). The van der Waals surface area contributed by atoms with E-state index in [1.165, 1.54) is 18.4 Å². The summed E-state index contributed by atoms with van der Waals surface area (Å²) in [6.07, 6.45) is 15.3. The van der Waals surface area contributed by atoms with Crippen molar-refractivity contribution in [3.05, 3.63) is 23.3 Å². The number of hydrogen-bond acceptors (Lipinski definition) is 9. The van der Waals surface area contributed by atoms with Gasteiger partial charge in [0.1, 0.15) is 12.7 Å². The molecule has 0 aromatic carbocycles. The lowest BCUT2D eigenvalue weighted by Gasteiger charge is -2.66. The molecular formula is C37H55NO8. The Labute approximate surface area is 273 Å². The highest BCUT2D eigenvalue weighted by Gasteiger charge is 2.71. The van der Waals surface area contributed by atoms with Crippen molar-refractivity contribution in [3.8, 4) is 0 Å². The molecule has 256 valence electrons. The number of carbonyl (C=O) groups is 1. The third kappa shape index (κ3) is 5.36. The summed E-state index contributed by atoms with van der Waals surface area (Å²) in [6.45, 7) is 5.01. The van der Waals surface area contributed by atoms with Crippen LogP contribution in [0.1, 0.15) is 110 Å². The molecule has 46 heavy (non-hydrogen) atoms. The van der Waals surface area contributed by atoms with Gasteiger partial charge in [0.2, 0.25) is 0 Å². The normalized spacial score (nSPS) is 49.1. The van der Waals surface area contributed by atoms with Crippen LogP contribution in [0.2, 0.25) is 0 Å². The number of ether oxygens (including phenoxy) is 3. The van der Waals surface area contributed by atoms with Crippen molar-refractivity contribution >= 4 is 12.2 Å². The molecule has 0 aromatic rings. The molecule has 0 aromatic heterocycles. The van der Waals surface area contributed by atoms with Gasteiger partial charge in [-0.1, -0.05) is 18.6 Å². The first-order valence-electron chi connectivity index (χ1n) is 18.2. The number of allylic oxidation sites excluding steroid dienone is 1. The summed E-state index contributed by atoms with van der Waals surface area (Å²) in [7, 11) is 0. The van der Waals surface area contributed by atoms with Crippen LogP contribution in [0.15, 0.2) is 28.3 Å². The number of esters is 1. The third-order valence-corrected chi connectivity index (χ3v) is 13.9. The highest BCUT2D eigenvalue weighted by Crippen LogP contribution is 2.70. The lowest BCUT2D eigenvalue weighted by atomic mass is 9.41. The fourth-order valence-corrected chi connectivity index (χ4v) is 11.4. The van der Waals surface area contributed by atoms with Gasteiger partial charge in [-0.2, -0.15) is 0 Å². The van der Waals surface area contributed by atoms with E-state index in [0.29, 0.717) is 38.8 Å². The summed E-state index contributed by atoms with van der Waals surface area (Å²) < 4.78 is 17.6. The third-order valence-electron chi connectivity index (χ3n) is 13.9. The van der Waals surface area contributed by atoms with Crippen molar-refractivity contribution in [3.63, 3.8) is 0 Å². The van der Waals surface area contributed by atoms with Gasteiger partial charge in [-0.3, -0.25) is 4.99 Å². The van der Waals surface area contributed by atoms with Crippen LogP contribution < -0.4 is 0 Å². The molecule has 5 aliphatic carbocycles. The predicted molar refractivity (Wildman–Crippen MR) is 172 cm³/mol. The highest BCUT2D eigenvalue weighted by molar-refractivity contribution is 5.85. The molecule has 7 aliphatic rings. The van der Waals surface area contributed by atoms with Gasteiger partial charge in [-0.25, -0.2) is 4.79 Å². The lowest BCUT2D eigenvalue weighted by molar-refractivity contribution is -0.282.